The number of rotatable bonds is 1. The Balaban J connectivity index is 2.58. The van der Waals surface area contributed by atoms with Gasteiger partial charge in [-0.1, -0.05) is 0 Å². The molecular weight excluding hydrogens is 174 g/mol. The minimum absolute atomic E-state index is 0.0282. The predicted octanol–water partition coefficient (Wildman–Crippen LogP) is -0.0645. The highest BCUT2D eigenvalue weighted by Gasteiger charge is 2.32. The molecular formula is C8H7NO4. The van der Waals surface area contributed by atoms with E-state index in [9.17, 15) is 9.59 Å². The van der Waals surface area contributed by atoms with E-state index in [-0.39, 0.29) is 23.5 Å². The van der Waals surface area contributed by atoms with Crippen LogP contribution in [0.15, 0.2) is 17.1 Å². The average molecular weight is 181 g/mol. The van der Waals surface area contributed by atoms with Crippen LogP contribution in [0.4, 0.5) is 0 Å². The molecule has 5 heteroatoms. The molecule has 2 heterocycles. The number of aliphatic carboxylic acids is 1. The largest absolute Gasteiger partial charge is 0.481 e. The van der Waals surface area contributed by atoms with Gasteiger partial charge in [0.15, 0.2) is 11.3 Å². The van der Waals surface area contributed by atoms with Crippen molar-refractivity contribution < 1.29 is 14.6 Å². The summed E-state index contributed by atoms with van der Waals surface area (Å²) in [6.45, 7) is 0.0282. The van der Waals surface area contributed by atoms with E-state index in [0.717, 1.165) is 0 Å². The number of carboxylic acid groups (broad SMARTS) is 1. The molecule has 1 aliphatic rings. The van der Waals surface area contributed by atoms with Gasteiger partial charge in [0.1, 0.15) is 12.5 Å². The monoisotopic (exact) mass is 181 g/mol. The topological polar surface area (TPSA) is 79.4 Å². The molecule has 1 unspecified atom stereocenters. The van der Waals surface area contributed by atoms with E-state index in [1.807, 2.05) is 0 Å². The number of nitrogens with one attached hydrogen (secondary N) is 1. The number of carboxylic acids is 1. The molecule has 1 aromatic heterocycles. The standard InChI is InChI=1S/C8H7NO4/c10-5-1-2-9-7-6(5)4(3-13-7)8(11)12/h1-2,4H,3H2,(H,9,10)(H,11,12). The summed E-state index contributed by atoms with van der Waals surface area (Å²) in [5.41, 5.74) is -0.0753. The summed E-state index contributed by atoms with van der Waals surface area (Å²) >= 11 is 0. The van der Waals surface area contributed by atoms with Crippen LogP contribution in [0.25, 0.3) is 0 Å². The van der Waals surface area contributed by atoms with Crippen molar-refractivity contribution in [1.82, 2.24) is 4.98 Å². The molecule has 0 bridgehead atoms. The highest BCUT2D eigenvalue weighted by atomic mass is 16.5. The zero-order valence-electron chi connectivity index (χ0n) is 6.61. The van der Waals surface area contributed by atoms with Gasteiger partial charge in [-0.3, -0.25) is 9.59 Å². The van der Waals surface area contributed by atoms with Gasteiger partial charge in [0.2, 0.25) is 0 Å². The lowest BCUT2D eigenvalue weighted by atomic mass is 10.0. The van der Waals surface area contributed by atoms with E-state index in [1.54, 1.807) is 0 Å². The Kier molecular flexibility index (Phi) is 1.58. The first kappa shape index (κ1) is 7.85. The molecule has 0 aliphatic carbocycles. The summed E-state index contributed by atoms with van der Waals surface area (Å²) in [6, 6.07) is 1.30. The van der Waals surface area contributed by atoms with Crippen molar-refractivity contribution >= 4 is 5.97 Å². The van der Waals surface area contributed by atoms with Crippen LogP contribution in [0.1, 0.15) is 11.5 Å². The molecule has 0 saturated heterocycles. The lowest BCUT2D eigenvalue weighted by Crippen LogP contribution is -2.18. The number of hydrogen-bond acceptors (Lipinski definition) is 3. The van der Waals surface area contributed by atoms with Crippen LogP contribution in [0, 0.1) is 0 Å². The number of hydrogen-bond donors (Lipinski definition) is 2. The van der Waals surface area contributed by atoms with Gasteiger partial charge in [0, 0.05) is 12.3 Å². The highest BCUT2D eigenvalue weighted by molar-refractivity contribution is 5.78. The summed E-state index contributed by atoms with van der Waals surface area (Å²) in [4.78, 5) is 24.6. The number of pyridine rings is 1. The molecule has 0 fully saturated rings. The number of aromatic nitrogens is 1. The van der Waals surface area contributed by atoms with Gasteiger partial charge in [-0.05, 0) is 0 Å². The normalized spacial score (nSPS) is 19.2. The Bertz CT molecular complexity index is 409. The van der Waals surface area contributed by atoms with Gasteiger partial charge >= 0.3 is 5.97 Å². The van der Waals surface area contributed by atoms with Crippen molar-refractivity contribution in [3.63, 3.8) is 0 Å². The summed E-state index contributed by atoms with van der Waals surface area (Å²) in [5.74, 6) is -1.59. The molecule has 1 atom stereocenters. The maximum absolute atomic E-state index is 11.3. The zero-order chi connectivity index (χ0) is 9.42. The van der Waals surface area contributed by atoms with E-state index < -0.39 is 11.9 Å². The molecule has 2 N–H and O–H groups in total. The molecule has 1 aliphatic heterocycles. The van der Waals surface area contributed by atoms with Gasteiger partial charge < -0.3 is 14.8 Å². The Morgan fingerprint density at radius 1 is 1.69 bits per heavy atom. The van der Waals surface area contributed by atoms with Crippen LogP contribution >= 0.6 is 0 Å². The van der Waals surface area contributed by atoms with Crippen molar-refractivity contribution in [2.24, 2.45) is 0 Å². The smallest absolute Gasteiger partial charge is 0.314 e. The summed E-state index contributed by atoms with van der Waals surface area (Å²) < 4.78 is 5.02. The minimum Gasteiger partial charge on any atom is -0.481 e. The number of fused-ring (bicyclic) bond motifs is 1. The first-order valence-electron chi connectivity index (χ1n) is 3.77. The molecule has 0 amide bonds. The molecule has 0 spiro atoms. The van der Waals surface area contributed by atoms with E-state index >= 15 is 0 Å². The Hall–Kier alpha value is -1.78. The van der Waals surface area contributed by atoms with Crippen LogP contribution in [0.2, 0.25) is 0 Å². The molecule has 1 aromatic rings. The van der Waals surface area contributed by atoms with Crippen molar-refractivity contribution in [3.8, 4) is 5.88 Å². The minimum atomic E-state index is -1.03. The maximum Gasteiger partial charge on any atom is 0.314 e. The van der Waals surface area contributed by atoms with Crippen molar-refractivity contribution in [1.29, 1.82) is 0 Å². The van der Waals surface area contributed by atoms with Crippen molar-refractivity contribution in [3.05, 3.63) is 28.0 Å². The first-order valence-corrected chi connectivity index (χ1v) is 3.77. The zero-order valence-corrected chi connectivity index (χ0v) is 6.61. The van der Waals surface area contributed by atoms with Crippen LogP contribution in [0.5, 0.6) is 5.88 Å². The van der Waals surface area contributed by atoms with Gasteiger partial charge in [-0.25, -0.2) is 0 Å². The number of H-pyrrole nitrogens is 1. The Morgan fingerprint density at radius 2 is 2.46 bits per heavy atom. The van der Waals surface area contributed by atoms with Gasteiger partial charge in [-0.2, -0.15) is 0 Å². The molecule has 2 rings (SSSR count). The van der Waals surface area contributed by atoms with Crippen LogP contribution in [0.3, 0.4) is 0 Å². The van der Waals surface area contributed by atoms with Gasteiger partial charge in [0.25, 0.3) is 0 Å². The number of carbonyl (C=O) groups is 1. The third-order valence-electron chi connectivity index (χ3n) is 2.00. The van der Waals surface area contributed by atoms with Crippen LogP contribution in [-0.4, -0.2) is 22.7 Å². The van der Waals surface area contributed by atoms with E-state index in [0.29, 0.717) is 0 Å². The van der Waals surface area contributed by atoms with E-state index in [4.69, 9.17) is 9.84 Å². The average Bonchev–Trinajstić information content (AvgIpc) is 2.49. The second-order valence-electron chi connectivity index (χ2n) is 2.79. The van der Waals surface area contributed by atoms with Crippen molar-refractivity contribution in [2.75, 3.05) is 6.61 Å². The van der Waals surface area contributed by atoms with E-state index in [1.165, 1.54) is 12.3 Å². The quantitative estimate of drug-likeness (QED) is 0.635. The maximum atomic E-state index is 11.3. The van der Waals surface area contributed by atoms with Gasteiger partial charge in [0.05, 0.1) is 5.56 Å². The Morgan fingerprint density at radius 3 is 3.15 bits per heavy atom. The predicted molar refractivity (Wildman–Crippen MR) is 42.9 cm³/mol. The fourth-order valence-electron chi connectivity index (χ4n) is 1.37. The number of ether oxygens (including phenoxy) is 1. The summed E-state index contributed by atoms with van der Waals surface area (Å²) in [5, 5.41) is 8.75. The fraction of sp³-hybridized carbons (Fsp3) is 0.250. The fourth-order valence-corrected chi connectivity index (χ4v) is 1.37. The molecule has 5 nitrogen and oxygen atoms in total. The molecule has 0 aromatic carbocycles. The van der Waals surface area contributed by atoms with E-state index in [2.05, 4.69) is 4.98 Å². The lowest BCUT2D eigenvalue weighted by molar-refractivity contribution is -0.139. The third kappa shape index (κ3) is 1.09. The molecule has 0 radical (unpaired) electrons. The van der Waals surface area contributed by atoms with Crippen molar-refractivity contribution in [2.45, 2.75) is 5.92 Å². The third-order valence-corrected chi connectivity index (χ3v) is 2.00. The SMILES string of the molecule is O=C(O)C1COc2[nH]ccc(=O)c21. The first-order chi connectivity index (χ1) is 6.20. The summed E-state index contributed by atoms with van der Waals surface area (Å²) in [7, 11) is 0. The van der Waals surface area contributed by atoms with Crippen LogP contribution in [-0.2, 0) is 4.79 Å². The summed E-state index contributed by atoms with van der Waals surface area (Å²) in [6.07, 6.45) is 1.44. The molecule has 0 saturated carbocycles. The highest BCUT2D eigenvalue weighted by Crippen LogP contribution is 2.28. The lowest BCUT2D eigenvalue weighted by Gasteiger charge is -1.98. The van der Waals surface area contributed by atoms with Crippen LogP contribution < -0.4 is 10.2 Å². The molecule has 13 heavy (non-hydrogen) atoms. The molecule has 68 valence electrons. The van der Waals surface area contributed by atoms with Gasteiger partial charge in [-0.15, -0.1) is 0 Å². The Labute approximate surface area is 73.0 Å². The second kappa shape index (κ2) is 2.62. The second-order valence-corrected chi connectivity index (χ2v) is 2.79. The number of aromatic amines is 1.